The number of nitrogens with zero attached hydrogens (tertiary/aromatic N) is 2. The fraction of sp³-hybridized carbons (Fsp3) is 0.455. The van der Waals surface area contributed by atoms with Crippen LogP contribution in [0.3, 0.4) is 0 Å². The molecule has 1 N–H and O–H groups in total. The predicted octanol–water partition coefficient (Wildman–Crippen LogP) is 4.12. The molecule has 3 heterocycles. The molecule has 2 saturated heterocycles. The number of carbonyl (C=O) groups is 1. The van der Waals surface area contributed by atoms with Gasteiger partial charge in [-0.25, -0.2) is 4.39 Å². The van der Waals surface area contributed by atoms with Crippen molar-refractivity contribution in [3.8, 4) is 16.9 Å². The Morgan fingerprint density at radius 3 is 2.86 bits per heavy atom. The van der Waals surface area contributed by atoms with E-state index < -0.39 is 5.54 Å². The Morgan fingerprint density at radius 1 is 1.31 bits per heavy atom. The number of likely N-dealkylation sites (tertiary alicyclic amines) is 1. The number of aromatic nitrogens is 1. The molecule has 0 radical (unpaired) electrons. The summed E-state index contributed by atoms with van der Waals surface area (Å²) in [5, 5.41) is 3.52. The van der Waals surface area contributed by atoms with Gasteiger partial charge in [0.05, 0.1) is 18.3 Å². The molecule has 7 heteroatoms. The van der Waals surface area contributed by atoms with Crippen LogP contribution in [0.5, 0.6) is 5.75 Å². The van der Waals surface area contributed by atoms with Gasteiger partial charge in [0.1, 0.15) is 17.1 Å². The van der Waals surface area contributed by atoms with Crippen LogP contribution in [0.2, 0.25) is 0 Å². The number of hydrogen-bond acceptors (Lipinski definition) is 4. The van der Waals surface area contributed by atoms with Crippen molar-refractivity contribution in [1.29, 1.82) is 0 Å². The average Bonchev–Trinajstić information content (AvgIpc) is 3.27. The molecule has 2 aliphatic rings. The van der Waals surface area contributed by atoms with E-state index in [1.54, 1.807) is 23.2 Å². The van der Waals surface area contributed by atoms with Gasteiger partial charge in [0.2, 0.25) is 5.91 Å². The quantitative estimate of drug-likeness (QED) is 0.791. The van der Waals surface area contributed by atoms with Gasteiger partial charge < -0.3 is 9.64 Å². The zero-order valence-electron chi connectivity index (χ0n) is 16.8. The molecule has 1 aromatic carbocycles. The molecule has 0 unspecified atom stereocenters. The Kier molecular flexibility index (Phi) is 6.44. The second-order valence-corrected chi connectivity index (χ2v) is 7.75. The zero-order valence-corrected chi connectivity index (χ0v) is 17.6. The molecule has 0 aliphatic carbocycles. The van der Waals surface area contributed by atoms with Crippen LogP contribution in [0.15, 0.2) is 36.5 Å². The first kappa shape index (κ1) is 21.5. The van der Waals surface area contributed by atoms with Crippen molar-refractivity contribution in [2.45, 2.75) is 44.2 Å². The molecule has 2 fully saturated rings. The van der Waals surface area contributed by atoms with E-state index in [-0.39, 0.29) is 30.2 Å². The monoisotopic (exact) mass is 419 g/mol. The summed E-state index contributed by atoms with van der Waals surface area (Å²) < 4.78 is 20.1. The van der Waals surface area contributed by atoms with Gasteiger partial charge in [0.25, 0.3) is 0 Å². The smallest absolute Gasteiger partial charge is 0.242 e. The molecule has 1 amide bonds. The van der Waals surface area contributed by atoms with E-state index in [1.807, 2.05) is 26.1 Å². The SMILES string of the molecule is CCCOc1ccc(F)c(-c2ccnc([C@H]3CC[C@@]4(CCN(C)C4=O)N3)c2)c1.Cl. The highest BCUT2D eigenvalue weighted by atomic mass is 35.5. The first-order valence-electron chi connectivity index (χ1n) is 9.94. The van der Waals surface area contributed by atoms with E-state index in [9.17, 15) is 9.18 Å². The van der Waals surface area contributed by atoms with Crippen LogP contribution in [0.1, 0.15) is 44.3 Å². The Labute approximate surface area is 177 Å². The van der Waals surface area contributed by atoms with Gasteiger partial charge in [-0.1, -0.05) is 6.92 Å². The van der Waals surface area contributed by atoms with Gasteiger partial charge in [-0.05, 0) is 61.6 Å². The molecule has 0 bridgehead atoms. The third-order valence-corrected chi connectivity index (χ3v) is 5.80. The van der Waals surface area contributed by atoms with Gasteiger partial charge in [-0.3, -0.25) is 15.1 Å². The van der Waals surface area contributed by atoms with E-state index in [0.717, 1.165) is 43.5 Å². The van der Waals surface area contributed by atoms with Gasteiger partial charge in [-0.2, -0.15) is 0 Å². The highest BCUT2D eigenvalue weighted by Gasteiger charge is 2.50. The predicted molar refractivity (Wildman–Crippen MR) is 113 cm³/mol. The number of amides is 1. The molecule has 4 rings (SSSR count). The Hall–Kier alpha value is -2.18. The van der Waals surface area contributed by atoms with E-state index in [2.05, 4.69) is 10.3 Å². The minimum Gasteiger partial charge on any atom is -0.494 e. The number of rotatable bonds is 5. The first-order chi connectivity index (χ1) is 13.5. The number of hydrogen-bond donors (Lipinski definition) is 1. The van der Waals surface area contributed by atoms with Crippen LogP contribution in [-0.4, -0.2) is 41.5 Å². The van der Waals surface area contributed by atoms with Crippen LogP contribution in [0.4, 0.5) is 4.39 Å². The third kappa shape index (κ3) is 4.09. The van der Waals surface area contributed by atoms with E-state index in [4.69, 9.17) is 4.74 Å². The summed E-state index contributed by atoms with van der Waals surface area (Å²) in [6.07, 6.45) is 5.08. The van der Waals surface area contributed by atoms with E-state index in [1.165, 1.54) is 6.07 Å². The highest BCUT2D eigenvalue weighted by Crippen LogP contribution is 2.39. The lowest BCUT2D eigenvalue weighted by atomic mass is 9.96. The number of nitrogens with one attached hydrogen (secondary N) is 1. The summed E-state index contributed by atoms with van der Waals surface area (Å²) in [6.45, 7) is 3.42. The second-order valence-electron chi connectivity index (χ2n) is 7.75. The molecule has 0 saturated carbocycles. The highest BCUT2D eigenvalue weighted by molar-refractivity contribution is 5.88. The topological polar surface area (TPSA) is 54.5 Å². The molecule has 156 valence electrons. The largest absolute Gasteiger partial charge is 0.494 e. The van der Waals surface area contributed by atoms with Crippen molar-refractivity contribution >= 4 is 18.3 Å². The summed E-state index contributed by atoms with van der Waals surface area (Å²) in [5.41, 5.74) is 1.65. The molecular formula is C22H27ClFN3O2. The number of carbonyl (C=O) groups excluding carboxylic acids is 1. The van der Waals surface area contributed by atoms with Crippen molar-refractivity contribution in [2.24, 2.45) is 0 Å². The minimum absolute atomic E-state index is 0. The fourth-order valence-corrected chi connectivity index (χ4v) is 4.23. The van der Waals surface area contributed by atoms with E-state index in [0.29, 0.717) is 17.9 Å². The molecule has 1 aromatic heterocycles. The zero-order chi connectivity index (χ0) is 19.7. The van der Waals surface area contributed by atoms with E-state index >= 15 is 0 Å². The van der Waals surface area contributed by atoms with Crippen molar-refractivity contribution in [3.63, 3.8) is 0 Å². The fourth-order valence-electron chi connectivity index (χ4n) is 4.23. The molecule has 5 nitrogen and oxygen atoms in total. The standard InChI is InChI=1S/C22H26FN3O2.ClH/c1-3-12-28-16-4-5-18(23)17(14-16)15-7-10-24-20(13-15)19-6-8-22(25-19)9-11-26(2)21(22)27;/h4-5,7,10,13-14,19,25H,3,6,8-9,11-12H2,1-2H3;1H/t19-,22+;/m1./s1. The van der Waals surface area contributed by atoms with Crippen LogP contribution in [0, 0.1) is 5.82 Å². The lowest BCUT2D eigenvalue weighted by Crippen LogP contribution is -2.47. The number of benzene rings is 1. The molecule has 1 spiro atoms. The Bertz CT molecular complexity index is 894. The molecule has 2 aromatic rings. The number of halogens is 2. The maximum atomic E-state index is 14.5. The molecule has 29 heavy (non-hydrogen) atoms. The summed E-state index contributed by atoms with van der Waals surface area (Å²) in [6, 6.07) is 8.56. The normalized spacial score (nSPS) is 23.5. The van der Waals surface area contributed by atoms with Crippen LogP contribution in [-0.2, 0) is 4.79 Å². The minimum atomic E-state index is -0.462. The summed E-state index contributed by atoms with van der Waals surface area (Å²) in [4.78, 5) is 18.8. The van der Waals surface area contributed by atoms with Gasteiger partial charge in [0, 0.05) is 25.4 Å². The summed E-state index contributed by atoms with van der Waals surface area (Å²) in [7, 11) is 1.85. The van der Waals surface area contributed by atoms with Crippen LogP contribution >= 0.6 is 12.4 Å². The number of ether oxygens (including phenoxy) is 1. The molecular weight excluding hydrogens is 393 g/mol. The lowest BCUT2D eigenvalue weighted by molar-refractivity contribution is -0.131. The van der Waals surface area contributed by atoms with Crippen molar-refractivity contribution < 1.29 is 13.9 Å². The maximum absolute atomic E-state index is 14.5. The van der Waals surface area contributed by atoms with Crippen molar-refractivity contribution in [3.05, 3.63) is 48.0 Å². The molecule has 2 atom stereocenters. The Balaban J connectivity index is 0.00000240. The first-order valence-corrected chi connectivity index (χ1v) is 9.94. The maximum Gasteiger partial charge on any atom is 0.242 e. The summed E-state index contributed by atoms with van der Waals surface area (Å²) in [5.74, 6) is 0.538. The second kappa shape index (κ2) is 8.67. The third-order valence-electron chi connectivity index (χ3n) is 5.80. The van der Waals surface area contributed by atoms with Crippen LogP contribution in [0.25, 0.3) is 11.1 Å². The summed E-state index contributed by atoms with van der Waals surface area (Å²) >= 11 is 0. The van der Waals surface area contributed by atoms with Gasteiger partial charge in [-0.15, -0.1) is 12.4 Å². The number of pyridine rings is 1. The van der Waals surface area contributed by atoms with Gasteiger partial charge in [0.15, 0.2) is 0 Å². The van der Waals surface area contributed by atoms with Crippen molar-refractivity contribution in [1.82, 2.24) is 15.2 Å². The van der Waals surface area contributed by atoms with Gasteiger partial charge >= 0.3 is 0 Å². The molecule has 2 aliphatic heterocycles. The van der Waals surface area contributed by atoms with Crippen LogP contribution < -0.4 is 10.1 Å². The lowest BCUT2D eigenvalue weighted by Gasteiger charge is -2.23. The number of likely N-dealkylation sites (N-methyl/N-ethyl adjacent to an activating group) is 1. The Morgan fingerprint density at radius 2 is 2.14 bits per heavy atom. The average molecular weight is 420 g/mol. The van der Waals surface area contributed by atoms with Crippen molar-refractivity contribution in [2.75, 3.05) is 20.2 Å².